The van der Waals surface area contributed by atoms with Gasteiger partial charge in [-0.1, -0.05) is 24.3 Å². The second-order valence-corrected chi connectivity index (χ2v) is 3.65. The van der Waals surface area contributed by atoms with E-state index in [1.54, 1.807) is 0 Å². The molecule has 1 nitrogen and oxygen atoms in total. The van der Waals surface area contributed by atoms with Crippen molar-refractivity contribution in [1.82, 2.24) is 0 Å². The predicted octanol–water partition coefficient (Wildman–Crippen LogP) is 3.66. The van der Waals surface area contributed by atoms with Crippen LogP contribution in [0, 0.1) is 0 Å². The Morgan fingerprint density at radius 1 is 1.31 bits per heavy atom. The molecule has 3 heteroatoms. The quantitative estimate of drug-likeness (QED) is 0.643. The topological polar surface area (TPSA) is 12.0 Å². The maximum atomic E-state index is 5.49. The van der Waals surface area contributed by atoms with Gasteiger partial charge in [-0.05, 0) is 28.1 Å². The minimum atomic E-state index is 0.567. The molecule has 0 aliphatic heterocycles. The fourth-order valence-corrected chi connectivity index (χ4v) is 1.47. The summed E-state index contributed by atoms with van der Waals surface area (Å²) in [6, 6.07) is 8.02. The highest BCUT2D eigenvalue weighted by Crippen LogP contribution is 2.20. The van der Waals surface area contributed by atoms with Crippen molar-refractivity contribution in [3.63, 3.8) is 0 Å². The molecule has 0 unspecified atom stereocenters. The van der Waals surface area contributed by atoms with Gasteiger partial charge >= 0.3 is 0 Å². The van der Waals surface area contributed by atoms with E-state index in [4.69, 9.17) is 11.6 Å². The Bertz CT molecular complexity index is 286. The van der Waals surface area contributed by atoms with Crippen molar-refractivity contribution < 1.29 is 0 Å². The molecular formula is C10H11BrClN. The lowest BCUT2D eigenvalue weighted by Gasteiger charge is -2.04. The van der Waals surface area contributed by atoms with E-state index in [0.717, 1.165) is 16.7 Å². The molecule has 0 fully saturated rings. The van der Waals surface area contributed by atoms with Gasteiger partial charge in [-0.3, -0.25) is 0 Å². The van der Waals surface area contributed by atoms with Gasteiger partial charge in [0.15, 0.2) is 0 Å². The Balaban J connectivity index is 2.45. The number of alkyl halides is 1. The highest BCUT2D eigenvalue weighted by molar-refractivity contribution is 9.10. The average Bonchev–Trinajstić information content (AvgIpc) is 2.15. The first-order valence-electron chi connectivity index (χ1n) is 4.04. The zero-order chi connectivity index (χ0) is 9.52. The smallest absolute Gasteiger partial charge is 0.0487 e. The summed E-state index contributed by atoms with van der Waals surface area (Å²) in [7, 11) is 0. The summed E-state index contributed by atoms with van der Waals surface area (Å²) in [5.74, 6) is 0.567. The molecule has 1 N–H and O–H groups in total. The van der Waals surface area contributed by atoms with E-state index in [1.165, 1.54) is 0 Å². The minimum absolute atomic E-state index is 0.567. The zero-order valence-corrected chi connectivity index (χ0v) is 9.48. The van der Waals surface area contributed by atoms with Gasteiger partial charge in [0.1, 0.15) is 0 Å². The van der Waals surface area contributed by atoms with Gasteiger partial charge in [-0.15, -0.1) is 11.6 Å². The van der Waals surface area contributed by atoms with Crippen molar-refractivity contribution >= 4 is 33.2 Å². The van der Waals surface area contributed by atoms with Crippen LogP contribution in [-0.2, 0) is 0 Å². The van der Waals surface area contributed by atoms with Gasteiger partial charge in [0.25, 0.3) is 0 Å². The van der Waals surface area contributed by atoms with Crippen LogP contribution in [0.2, 0.25) is 0 Å². The van der Waals surface area contributed by atoms with Crippen LogP contribution in [0.3, 0.4) is 0 Å². The van der Waals surface area contributed by atoms with E-state index in [0.29, 0.717) is 5.88 Å². The number of hydrogen-bond donors (Lipinski definition) is 1. The molecule has 1 aromatic rings. The molecular weight excluding hydrogens is 249 g/mol. The molecule has 0 saturated heterocycles. The second kappa shape index (κ2) is 6.06. The Kier molecular flexibility index (Phi) is 4.94. The lowest BCUT2D eigenvalue weighted by molar-refractivity contribution is 1.32. The van der Waals surface area contributed by atoms with Gasteiger partial charge in [0, 0.05) is 22.6 Å². The molecule has 0 aromatic heterocycles. The Morgan fingerprint density at radius 2 is 2.08 bits per heavy atom. The van der Waals surface area contributed by atoms with Crippen LogP contribution in [0.1, 0.15) is 0 Å². The lowest BCUT2D eigenvalue weighted by Crippen LogP contribution is -1.98. The predicted molar refractivity (Wildman–Crippen MR) is 62.5 cm³/mol. The van der Waals surface area contributed by atoms with E-state index in [2.05, 4.69) is 21.2 Å². The molecule has 13 heavy (non-hydrogen) atoms. The minimum Gasteiger partial charge on any atom is -0.381 e. The molecule has 0 saturated carbocycles. The lowest BCUT2D eigenvalue weighted by atomic mass is 10.3. The molecule has 0 atom stereocenters. The van der Waals surface area contributed by atoms with Crippen LogP contribution < -0.4 is 5.32 Å². The third kappa shape index (κ3) is 3.83. The summed E-state index contributed by atoms with van der Waals surface area (Å²) in [5.41, 5.74) is 1.10. The van der Waals surface area contributed by atoms with Crippen LogP contribution in [-0.4, -0.2) is 12.4 Å². The number of para-hydroxylation sites is 1. The zero-order valence-electron chi connectivity index (χ0n) is 7.13. The number of halogens is 2. The SMILES string of the molecule is ClC/C=C/CNc1ccccc1Br. The third-order valence-electron chi connectivity index (χ3n) is 1.54. The molecule has 1 rings (SSSR count). The summed E-state index contributed by atoms with van der Waals surface area (Å²) in [5, 5.41) is 3.26. The van der Waals surface area contributed by atoms with Crippen LogP contribution in [0.4, 0.5) is 5.69 Å². The molecule has 0 aliphatic carbocycles. The normalized spacial score (nSPS) is 10.6. The van der Waals surface area contributed by atoms with Crippen molar-refractivity contribution in [3.8, 4) is 0 Å². The second-order valence-electron chi connectivity index (χ2n) is 2.49. The average molecular weight is 261 g/mol. The molecule has 0 heterocycles. The van der Waals surface area contributed by atoms with Crippen LogP contribution in [0.15, 0.2) is 40.9 Å². The van der Waals surface area contributed by atoms with Crippen LogP contribution >= 0.6 is 27.5 Å². The van der Waals surface area contributed by atoms with E-state index in [9.17, 15) is 0 Å². The van der Waals surface area contributed by atoms with Crippen molar-refractivity contribution in [1.29, 1.82) is 0 Å². The Hall–Kier alpha value is -0.470. The van der Waals surface area contributed by atoms with E-state index < -0.39 is 0 Å². The van der Waals surface area contributed by atoms with Crippen molar-refractivity contribution in [2.75, 3.05) is 17.7 Å². The number of allylic oxidation sites excluding steroid dienone is 1. The molecule has 0 bridgehead atoms. The summed E-state index contributed by atoms with van der Waals surface area (Å²) in [6.07, 6.45) is 3.93. The molecule has 1 aromatic carbocycles. The number of benzene rings is 1. The molecule has 0 amide bonds. The Morgan fingerprint density at radius 3 is 2.77 bits per heavy atom. The van der Waals surface area contributed by atoms with Gasteiger partial charge in [-0.2, -0.15) is 0 Å². The van der Waals surface area contributed by atoms with Gasteiger partial charge in [0.05, 0.1) is 0 Å². The van der Waals surface area contributed by atoms with Crippen molar-refractivity contribution in [3.05, 3.63) is 40.9 Å². The van der Waals surface area contributed by atoms with E-state index in [1.807, 2.05) is 36.4 Å². The summed E-state index contributed by atoms with van der Waals surface area (Å²) in [4.78, 5) is 0. The summed E-state index contributed by atoms with van der Waals surface area (Å²) >= 11 is 8.94. The van der Waals surface area contributed by atoms with Gasteiger partial charge < -0.3 is 5.32 Å². The summed E-state index contributed by atoms with van der Waals surface area (Å²) < 4.78 is 1.08. The fourth-order valence-electron chi connectivity index (χ4n) is 0.920. The standard InChI is InChI=1S/C10H11BrClN/c11-9-5-1-2-6-10(9)13-8-4-3-7-12/h1-6,13H,7-8H2/b4-3+. The van der Waals surface area contributed by atoms with Gasteiger partial charge in [0.2, 0.25) is 0 Å². The highest BCUT2D eigenvalue weighted by atomic mass is 79.9. The Labute approximate surface area is 91.9 Å². The third-order valence-corrected chi connectivity index (χ3v) is 2.41. The van der Waals surface area contributed by atoms with Crippen LogP contribution in [0.25, 0.3) is 0 Å². The first-order valence-corrected chi connectivity index (χ1v) is 5.36. The van der Waals surface area contributed by atoms with Gasteiger partial charge in [-0.25, -0.2) is 0 Å². The molecule has 0 radical (unpaired) electrons. The summed E-state index contributed by atoms with van der Waals surface area (Å²) in [6.45, 7) is 0.801. The monoisotopic (exact) mass is 259 g/mol. The number of nitrogens with one attached hydrogen (secondary N) is 1. The van der Waals surface area contributed by atoms with E-state index in [-0.39, 0.29) is 0 Å². The molecule has 70 valence electrons. The van der Waals surface area contributed by atoms with E-state index >= 15 is 0 Å². The number of rotatable bonds is 4. The van der Waals surface area contributed by atoms with Crippen molar-refractivity contribution in [2.45, 2.75) is 0 Å². The maximum Gasteiger partial charge on any atom is 0.0487 e. The largest absolute Gasteiger partial charge is 0.381 e. The molecule has 0 aliphatic rings. The van der Waals surface area contributed by atoms with Crippen LogP contribution in [0.5, 0.6) is 0 Å². The number of hydrogen-bond acceptors (Lipinski definition) is 1. The maximum absolute atomic E-state index is 5.49. The fraction of sp³-hybridized carbons (Fsp3) is 0.200. The van der Waals surface area contributed by atoms with Crippen molar-refractivity contribution in [2.24, 2.45) is 0 Å². The molecule has 0 spiro atoms. The highest BCUT2D eigenvalue weighted by Gasteiger charge is 1.93. The first kappa shape index (κ1) is 10.6. The number of anilines is 1. The first-order chi connectivity index (χ1) is 6.34.